The fraction of sp³-hybridized carbons (Fsp3) is 0.688. The number of hydrogen-bond donors (Lipinski definition) is 1. The second-order valence-electron chi connectivity index (χ2n) is 5.95. The third-order valence-electron chi connectivity index (χ3n) is 2.59. The Balaban J connectivity index is 2.83. The molecule has 0 spiro atoms. The van der Waals surface area contributed by atoms with Gasteiger partial charge in [0.05, 0.1) is 0 Å². The van der Waals surface area contributed by atoms with Crippen LogP contribution in [0, 0.1) is 0 Å². The zero-order valence-electron chi connectivity index (χ0n) is 13.0. The monoisotopic (exact) mass is 264 g/mol. The Hall–Kier alpha value is -1.09. The van der Waals surface area contributed by atoms with Crippen molar-refractivity contribution in [2.45, 2.75) is 66.0 Å². The van der Waals surface area contributed by atoms with Crippen LogP contribution in [0.25, 0.3) is 0 Å². The lowest BCUT2D eigenvalue weighted by Crippen LogP contribution is -2.24. The summed E-state index contributed by atoms with van der Waals surface area (Å²) in [7, 11) is 0. The van der Waals surface area contributed by atoms with Crippen LogP contribution in [0.2, 0.25) is 0 Å². The van der Waals surface area contributed by atoms with Crippen molar-refractivity contribution in [3.05, 3.63) is 23.4 Å². The summed E-state index contributed by atoms with van der Waals surface area (Å²) in [6, 6.07) is 4.23. The van der Waals surface area contributed by atoms with E-state index in [0.29, 0.717) is 0 Å². The summed E-state index contributed by atoms with van der Waals surface area (Å²) >= 11 is 0. The van der Waals surface area contributed by atoms with Crippen LogP contribution in [0.4, 0.5) is 0 Å². The second kappa shape index (κ2) is 7.49. The lowest BCUT2D eigenvalue weighted by atomic mass is 10.1. The van der Waals surface area contributed by atoms with Gasteiger partial charge in [-0.3, -0.25) is 0 Å². The zero-order chi connectivity index (χ0) is 14.3. The van der Waals surface area contributed by atoms with Crippen molar-refractivity contribution in [2.24, 2.45) is 0 Å². The molecule has 0 unspecified atom stereocenters. The van der Waals surface area contributed by atoms with Crippen molar-refractivity contribution in [3.8, 4) is 5.88 Å². The van der Waals surface area contributed by atoms with Gasteiger partial charge in [0, 0.05) is 18.3 Å². The molecular formula is C16H28N2O. The van der Waals surface area contributed by atoms with E-state index >= 15 is 0 Å². The molecule has 0 saturated heterocycles. The molecular weight excluding hydrogens is 236 g/mol. The van der Waals surface area contributed by atoms with Gasteiger partial charge in [-0.05, 0) is 51.8 Å². The molecule has 1 heterocycles. The van der Waals surface area contributed by atoms with Crippen molar-refractivity contribution >= 4 is 0 Å². The van der Waals surface area contributed by atoms with Crippen molar-refractivity contribution in [1.82, 2.24) is 10.3 Å². The predicted octanol–water partition coefficient (Wildman–Crippen LogP) is 3.71. The topological polar surface area (TPSA) is 34.2 Å². The molecule has 0 aliphatic heterocycles. The summed E-state index contributed by atoms with van der Waals surface area (Å²) in [4.78, 5) is 4.59. The minimum absolute atomic E-state index is 0.202. The van der Waals surface area contributed by atoms with Crippen LogP contribution >= 0.6 is 0 Å². The van der Waals surface area contributed by atoms with Gasteiger partial charge in [-0.2, -0.15) is 0 Å². The highest BCUT2D eigenvalue weighted by molar-refractivity contribution is 5.25. The average Bonchev–Trinajstić information content (AvgIpc) is 2.27. The van der Waals surface area contributed by atoms with Gasteiger partial charge in [-0.1, -0.05) is 20.3 Å². The maximum atomic E-state index is 5.90. The summed E-state index contributed by atoms with van der Waals surface area (Å²) < 4.78 is 5.90. The molecule has 19 heavy (non-hydrogen) atoms. The molecule has 1 aromatic heterocycles. The maximum absolute atomic E-state index is 5.90. The minimum Gasteiger partial charge on any atom is -0.472 e. The molecule has 1 aromatic rings. The van der Waals surface area contributed by atoms with E-state index in [2.05, 4.69) is 51.0 Å². The molecule has 0 atom stereocenters. The lowest BCUT2D eigenvalue weighted by molar-refractivity contribution is 0.123. The number of aryl methyl sites for hydroxylation is 1. The number of nitrogens with one attached hydrogen (secondary N) is 1. The summed E-state index contributed by atoms with van der Waals surface area (Å²) in [6.45, 7) is 12.4. The quantitative estimate of drug-likeness (QED) is 0.762. The van der Waals surface area contributed by atoms with E-state index in [9.17, 15) is 0 Å². The van der Waals surface area contributed by atoms with Crippen LogP contribution in [0.5, 0.6) is 5.88 Å². The standard InChI is InChI=1S/C16H28N2O/c1-6-8-14-10-13(12-17-9-7-2)11-15(18-14)19-16(3,4)5/h10-11,17H,6-9,12H2,1-5H3. The molecule has 3 nitrogen and oxygen atoms in total. The van der Waals surface area contributed by atoms with Crippen molar-refractivity contribution in [1.29, 1.82) is 0 Å². The van der Waals surface area contributed by atoms with Crippen LogP contribution in [0.3, 0.4) is 0 Å². The van der Waals surface area contributed by atoms with Gasteiger partial charge in [0.1, 0.15) is 5.60 Å². The van der Waals surface area contributed by atoms with E-state index in [1.54, 1.807) is 0 Å². The largest absolute Gasteiger partial charge is 0.472 e. The second-order valence-corrected chi connectivity index (χ2v) is 5.95. The van der Waals surface area contributed by atoms with Gasteiger partial charge >= 0.3 is 0 Å². The first-order chi connectivity index (χ1) is 8.94. The molecule has 1 N–H and O–H groups in total. The molecule has 0 radical (unpaired) electrons. The fourth-order valence-corrected chi connectivity index (χ4v) is 1.88. The zero-order valence-corrected chi connectivity index (χ0v) is 13.0. The molecule has 3 heteroatoms. The first-order valence-corrected chi connectivity index (χ1v) is 7.34. The Morgan fingerprint density at radius 1 is 1.16 bits per heavy atom. The molecule has 0 amide bonds. The highest BCUT2D eigenvalue weighted by Crippen LogP contribution is 2.19. The van der Waals surface area contributed by atoms with Crippen LogP contribution in [-0.4, -0.2) is 17.1 Å². The van der Waals surface area contributed by atoms with E-state index in [1.807, 2.05) is 6.07 Å². The van der Waals surface area contributed by atoms with Crippen LogP contribution in [0.1, 0.15) is 58.7 Å². The van der Waals surface area contributed by atoms with Crippen LogP contribution < -0.4 is 10.1 Å². The number of hydrogen-bond acceptors (Lipinski definition) is 3. The Labute approximate surface area is 117 Å². The van der Waals surface area contributed by atoms with E-state index in [0.717, 1.165) is 43.9 Å². The van der Waals surface area contributed by atoms with E-state index < -0.39 is 0 Å². The number of rotatable bonds is 7. The van der Waals surface area contributed by atoms with Gasteiger partial charge in [-0.25, -0.2) is 4.98 Å². The molecule has 0 aromatic carbocycles. The summed E-state index contributed by atoms with van der Waals surface area (Å²) in [5.41, 5.74) is 2.18. The van der Waals surface area contributed by atoms with Crippen LogP contribution in [0.15, 0.2) is 12.1 Å². The third-order valence-corrected chi connectivity index (χ3v) is 2.59. The molecule has 0 fully saturated rings. The van der Waals surface area contributed by atoms with Gasteiger partial charge in [0.25, 0.3) is 0 Å². The number of ether oxygens (including phenoxy) is 1. The molecule has 108 valence electrons. The van der Waals surface area contributed by atoms with Crippen molar-refractivity contribution in [2.75, 3.05) is 6.54 Å². The fourth-order valence-electron chi connectivity index (χ4n) is 1.88. The Bertz CT molecular complexity index is 383. The molecule has 0 aliphatic carbocycles. The number of pyridine rings is 1. The minimum atomic E-state index is -0.202. The van der Waals surface area contributed by atoms with E-state index in [4.69, 9.17) is 4.74 Å². The normalized spacial score (nSPS) is 11.6. The lowest BCUT2D eigenvalue weighted by Gasteiger charge is -2.21. The summed E-state index contributed by atoms with van der Waals surface area (Å²) in [6.07, 6.45) is 3.26. The van der Waals surface area contributed by atoms with Crippen molar-refractivity contribution in [3.63, 3.8) is 0 Å². The average molecular weight is 264 g/mol. The molecule has 1 rings (SSSR count). The summed E-state index contributed by atoms with van der Waals surface area (Å²) in [5, 5.41) is 3.43. The SMILES string of the molecule is CCCNCc1cc(CCC)nc(OC(C)(C)C)c1. The molecule has 0 aliphatic rings. The van der Waals surface area contributed by atoms with E-state index in [-0.39, 0.29) is 5.60 Å². The van der Waals surface area contributed by atoms with Gasteiger partial charge in [0.2, 0.25) is 5.88 Å². The Kier molecular flexibility index (Phi) is 6.29. The Morgan fingerprint density at radius 2 is 1.89 bits per heavy atom. The highest BCUT2D eigenvalue weighted by Gasteiger charge is 2.14. The summed E-state index contributed by atoms with van der Waals surface area (Å²) in [5.74, 6) is 0.742. The first kappa shape index (κ1) is 16.0. The van der Waals surface area contributed by atoms with Crippen LogP contribution in [-0.2, 0) is 13.0 Å². The molecule has 0 bridgehead atoms. The smallest absolute Gasteiger partial charge is 0.214 e. The number of aromatic nitrogens is 1. The van der Waals surface area contributed by atoms with Gasteiger partial charge in [0.15, 0.2) is 0 Å². The Morgan fingerprint density at radius 3 is 2.47 bits per heavy atom. The predicted molar refractivity (Wildman–Crippen MR) is 80.6 cm³/mol. The maximum Gasteiger partial charge on any atom is 0.214 e. The van der Waals surface area contributed by atoms with Gasteiger partial charge < -0.3 is 10.1 Å². The molecule has 0 saturated carbocycles. The van der Waals surface area contributed by atoms with Gasteiger partial charge in [-0.15, -0.1) is 0 Å². The van der Waals surface area contributed by atoms with Crippen molar-refractivity contribution < 1.29 is 4.74 Å². The highest BCUT2D eigenvalue weighted by atomic mass is 16.5. The number of nitrogens with zero attached hydrogens (tertiary/aromatic N) is 1. The third kappa shape index (κ3) is 6.58. The first-order valence-electron chi connectivity index (χ1n) is 7.34. The van der Waals surface area contributed by atoms with E-state index in [1.165, 1.54) is 5.56 Å².